The molecule has 108 valence electrons. The maximum absolute atomic E-state index is 4.60. The van der Waals surface area contributed by atoms with Crippen molar-refractivity contribution in [2.45, 2.75) is 45.9 Å². The zero-order valence-electron chi connectivity index (χ0n) is 12.7. The number of hydrogen-bond acceptors (Lipinski definition) is 2. The standard InChI is InChI=1S/C16H27BrN2/c1-13(2)7-10-19(11-8-14(3)4)16-15(12-17)6-5-9-18-16/h5-6,9,13-14H,7-8,10-12H2,1-4H3. The number of rotatable bonds is 8. The Morgan fingerprint density at radius 1 is 1.11 bits per heavy atom. The molecule has 1 rings (SSSR count). The molecular weight excluding hydrogens is 300 g/mol. The van der Waals surface area contributed by atoms with E-state index in [1.807, 2.05) is 12.3 Å². The van der Waals surface area contributed by atoms with Gasteiger partial charge in [0.15, 0.2) is 0 Å². The van der Waals surface area contributed by atoms with Gasteiger partial charge >= 0.3 is 0 Å². The van der Waals surface area contributed by atoms with Gasteiger partial charge in [-0.3, -0.25) is 0 Å². The molecule has 3 heteroatoms. The van der Waals surface area contributed by atoms with E-state index in [4.69, 9.17) is 0 Å². The van der Waals surface area contributed by atoms with E-state index in [1.165, 1.54) is 18.4 Å². The van der Waals surface area contributed by atoms with Crippen LogP contribution >= 0.6 is 15.9 Å². The number of alkyl halides is 1. The molecule has 0 aliphatic heterocycles. The van der Waals surface area contributed by atoms with Crippen LogP contribution in [0.3, 0.4) is 0 Å². The average Bonchev–Trinajstić information content (AvgIpc) is 2.38. The molecule has 1 aromatic rings. The van der Waals surface area contributed by atoms with E-state index in [-0.39, 0.29) is 0 Å². The molecule has 0 N–H and O–H groups in total. The third-order valence-electron chi connectivity index (χ3n) is 3.26. The fourth-order valence-corrected chi connectivity index (χ4v) is 2.41. The Labute approximate surface area is 126 Å². The summed E-state index contributed by atoms with van der Waals surface area (Å²) in [6.45, 7) is 11.3. The minimum atomic E-state index is 0.734. The second-order valence-electron chi connectivity index (χ2n) is 5.97. The lowest BCUT2D eigenvalue weighted by Gasteiger charge is -2.27. The van der Waals surface area contributed by atoms with Crippen LogP contribution in [-0.2, 0) is 5.33 Å². The number of nitrogens with zero attached hydrogens (tertiary/aromatic N) is 2. The second kappa shape index (κ2) is 8.57. The third-order valence-corrected chi connectivity index (χ3v) is 3.87. The SMILES string of the molecule is CC(C)CCN(CCC(C)C)c1ncccc1CBr. The Bertz CT molecular complexity index is 352. The van der Waals surface area contributed by atoms with Crippen molar-refractivity contribution in [2.24, 2.45) is 11.8 Å². The molecule has 0 saturated heterocycles. The van der Waals surface area contributed by atoms with Crippen molar-refractivity contribution in [3.8, 4) is 0 Å². The Hall–Kier alpha value is -0.570. The Kier molecular flexibility index (Phi) is 7.44. The molecule has 1 aromatic heterocycles. The van der Waals surface area contributed by atoms with Crippen LogP contribution in [0.15, 0.2) is 18.3 Å². The fourth-order valence-electron chi connectivity index (χ4n) is 1.97. The van der Waals surface area contributed by atoms with Gasteiger partial charge in [-0.1, -0.05) is 49.7 Å². The largest absolute Gasteiger partial charge is 0.356 e. The van der Waals surface area contributed by atoms with E-state index in [1.54, 1.807) is 0 Å². The minimum Gasteiger partial charge on any atom is -0.356 e. The molecule has 0 spiro atoms. The highest BCUT2D eigenvalue weighted by Gasteiger charge is 2.13. The molecule has 0 aliphatic rings. The Morgan fingerprint density at radius 3 is 2.16 bits per heavy atom. The van der Waals surface area contributed by atoms with Crippen LogP contribution in [0.1, 0.15) is 46.1 Å². The molecule has 0 aliphatic carbocycles. The van der Waals surface area contributed by atoms with E-state index in [0.29, 0.717) is 0 Å². The highest BCUT2D eigenvalue weighted by Crippen LogP contribution is 2.21. The van der Waals surface area contributed by atoms with Crippen molar-refractivity contribution in [1.29, 1.82) is 0 Å². The first-order valence-corrected chi connectivity index (χ1v) is 8.41. The number of anilines is 1. The Morgan fingerprint density at radius 2 is 1.68 bits per heavy atom. The predicted molar refractivity (Wildman–Crippen MR) is 88.0 cm³/mol. The van der Waals surface area contributed by atoms with Gasteiger partial charge in [0.05, 0.1) is 0 Å². The highest BCUT2D eigenvalue weighted by atomic mass is 79.9. The lowest BCUT2D eigenvalue weighted by atomic mass is 10.1. The molecule has 0 amide bonds. The summed E-state index contributed by atoms with van der Waals surface area (Å²) in [6, 6.07) is 4.18. The fraction of sp³-hybridized carbons (Fsp3) is 0.688. The van der Waals surface area contributed by atoms with Gasteiger partial charge in [-0.25, -0.2) is 4.98 Å². The monoisotopic (exact) mass is 326 g/mol. The molecule has 0 unspecified atom stereocenters. The van der Waals surface area contributed by atoms with Gasteiger partial charge in [-0.2, -0.15) is 0 Å². The first-order chi connectivity index (χ1) is 9.04. The summed E-state index contributed by atoms with van der Waals surface area (Å²) in [6.07, 6.45) is 4.34. The van der Waals surface area contributed by atoms with E-state index < -0.39 is 0 Å². The molecule has 0 radical (unpaired) electrons. The molecule has 0 bridgehead atoms. The van der Waals surface area contributed by atoms with Crippen molar-refractivity contribution in [1.82, 2.24) is 4.98 Å². The molecule has 19 heavy (non-hydrogen) atoms. The van der Waals surface area contributed by atoms with E-state index in [2.05, 4.69) is 59.6 Å². The van der Waals surface area contributed by atoms with Gasteiger partial charge in [0, 0.05) is 30.2 Å². The lowest BCUT2D eigenvalue weighted by Crippen LogP contribution is -2.29. The molecule has 0 aromatic carbocycles. The summed E-state index contributed by atoms with van der Waals surface area (Å²) in [5, 5.41) is 0.871. The summed E-state index contributed by atoms with van der Waals surface area (Å²) in [5.74, 6) is 2.62. The number of pyridine rings is 1. The van der Waals surface area contributed by atoms with Crippen molar-refractivity contribution < 1.29 is 0 Å². The van der Waals surface area contributed by atoms with Crippen LogP contribution in [0.25, 0.3) is 0 Å². The molecule has 1 heterocycles. The van der Waals surface area contributed by atoms with Crippen LogP contribution in [0.5, 0.6) is 0 Å². The van der Waals surface area contributed by atoms with Crippen LogP contribution in [0.4, 0.5) is 5.82 Å². The van der Waals surface area contributed by atoms with Gasteiger partial charge in [-0.15, -0.1) is 0 Å². The zero-order chi connectivity index (χ0) is 14.3. The van der Waals surface area contributed by atoms with Gasteiger partial charge in [-0.05, 0) is 30.7 Å². The van der Waals surface area contributed by atoms with Crippen molar-refractivity contribution in [3.05, 3.63) is 23.9 Å². The van der Waals surface area contributed by atoms with Crippen molar-refractivity contribution >= 4 is 21.7 Å². The summed E-state index contributed by atoms with van der Waals surface area (Å²) < 4.78 is 0. The highest BCUT2D eigenvalue weighted by molar-refractivity contribution is 9.08. The number of hydrogen-bond donors (Lipinski definition) is 0. The summed E-state index contributed by atoms with van der Waals surface area (Å²) in [5.41, 5.74) is 1.29. The molecule has 0 atom stereocenters. The van der Waals surface area contributed by atoms with Crippen molar-refractivity contribution in [2.75, 3.05) is 18.0 Å². The van der Waals surface area contributed by atoms with Gasteiger partial charge in [0.1, 0.15) is 5.82 Å². The molecular formula is C16H27BrN2. The van der Waals surface area contributed by atoms with Crippen LogP contribution in [-0.4, -0.2) is 18.1 Å². The predicted octanol–water partition coefficient (Wildman–Crippen LogP) is 4.88. The summed E-state index contributed by atoms with van der Waals surface area (Å²) >= 11 is 3.57. The summed E-state index contributed by atoms with van der Waals surface area (Å²) in [7, 11) is 0. The van der Waals surface area contributed by atoms with Crippen LogP contribution < -0.4 is 4.90 Å². The Balaban J connectivity index is 2.81. The van der Waals surface area contributed by atoms with Gasteiger partial charge in [0.2, 0.25) is 0 Å². The quantitative estimate of drug-likeness (QED) is 0.633. The lowest BCUT2D eigenvalue weighted by molar-refractivity contribution is 0.532. The minimum absolute atomic E-state index is 0.734. The number of aromatic nitrogens is 1. The maximum Gasteiger partial charge on any atom is 0.132 e. The first kappa shape index (κ1) is 16.5. The van der Waals surface area contributed by atoms with E-state index in [9.17, 15) is 0 Å². The van der Waals surface area contributed by atoms with E-state index >= 15 is 0 Å². The third kappa shape index (κ3) is 5.94. The summed E-state index contributed by atoms with van der Waals surface area (Å²) in [4.78, 5) is 7.06. The average molecular weight is 327 g/mol. The molecule has 0 saturated carbocycles. The number of halogens is 1. The molecule has 2 nitrogen and oxygen atoms in total. The smallest absolute Gasteiger partial charge is 0.132 e. The topological polar surface area (TPSA) is 16.1 Å². The van der Waals surface area contributed by atoms with Crippen LogP contribution in [0, 0.1) is 11.8 Å². The second-order valence-corrected chi connectivity index (χ2v) is 6.53. The van der Waals surface area contributed by atoms with Crippen LogP contribution in [0.2, 0.25) is 0 Å². The molecule has 0 fully saturated rings. The first-order valence-electron chi connectivity index (χ1n) is 7.29. The van der Waals surface area contributed by atoms with Crippen molar-refractivity contribution in [3.63, 3.8) is 0 Å². The van der Waals surface area contributed by atoms with E-state index in [0.717, 1.165) is 36.1 Å². The zero-order valence-corrected chi connectivity index (χ0v) is 14.3. The maximum atomic E-state index is 4.60. The van der Waals surface area contributed by atoms with Gasteiger partial charge in [0.25, 0.3) is 0 Å². The normalized spacial score (nSPS) is 11.3. The van der Waals surface area contributed by atoms with Gasteiger partial charge < -0.3 is 4.90 Å².